The highest BCUT2D eigenvalue weighted by molar-refractivity contribution is 7.92. The van der Waals surface area contributed by atoms with Crippen LogP contribution in [-0.4, -0.2) is 54.7 Å². The summed E-state index contributed by atoms with van der Waals surface area (Å²) in [6.45, 7) is 5.60. The van der Waals surface area contributed by atoms with Gasteiger partial charge in [-0.25, -0.2) is 23.5 Å². The van der Waals surface area contributed by atoms with Crippen molar-refractivity contribution in [2.45, 2.75) is 63.6 Å². The van der Waals surface area contributed by atoms with Crippen LogP contribution in [-0.2, 0) is 10.0 Å². The molecule has 4 bridgehead atoms. The molecule has 2 heterocycles. The van der Waals surface area contributed by atoms with Crippen molar-refractivity contribution < 1.29 is 31.1 Å². The van der Waals surface area contributed by atoms with E-state index in [2.05, 4.69) is 20.1 Å². The first-order valence-electron chi connectivity index (χ1n) is 13.7. The number of hydrazine groups is 1. The maximum absolute atomic E-state index is 14.1. The molecule has 1 atom stereocenters. The maximum atomic E-state index is 14.1. The molecule has 5 rings (SSSR count). The number of nitrogens with zero attached hydrogens (tertiary/aromatic N) is 3. The van der Waals surface area contributed by atoms with E-state index < -0.39 is 40.0 Å². The van der Waals surface area contributed by atoms with E-state index in [9.17, 15) is 26.4 Å². The average Bonchev–Trinajstić information content (AvgIpc) is 3.72. The van der Waals surface area contributed by atoms with Crippen LogP contribution in [0.5, 0.6) is 5.88 Å². The topological polar surface area (TPSA) is 114 Å². The van der Waals surface area contributed by atoms with Gasteiger partial charge in [-0.15, -0.1) is 0 Å². The molecule has 9 nitrogen and oxygen atoms in total. The maximum Gasteiger partial charge on any atom is 0.394 e. The summed E-state index contributed by atoms with van der Waals surface area (Å²) in [6.07, 6.45) is -4.35. The van der Waals surface area contributed by atoms with E-state index in [1.165, 1.54) is 30.3 Å². The second-order valence-electron chi connectivity index (χ2n) is 10.8. The molecule has 0 saturated heterocycles. The molecule has 1 aliphatic carbocycles. The SMILES string of the molecule is CCCNN1C(=O)c2cccc(c2)S(=O)(=O)Nc2nc(cc(-c3c(C)cccc3C)n2)OC[C@H]1CC1(C(F)(F)F)CC1. The van der Waals surface area contributed by atoms with Gasteiger partial charge in [-0.1, -0.05) is 31.2 Å². The zero-order valence-corrected chi connectivity index (χ0v) is 24.3. The van der Waals surface area contributed by atoms with Crippen molar-refractivity contribution in [3.8, 4) is 17.1 Å². The van der Waals surface area contributed by atoms with Crippen LogP contribution in [0.4, 0.5) is 19.1 Å². The summed E-state index contributed by atoms with van der Waals surface area (Å²) in [5.74, 6) is -0.982. The predicted molar refractivity (Wildman–Crippen MR) is 150 cm³/mol. The van der Waals surface area contributed by atoms with Crippen LogP contribution in [0.1, 0.15) is 54.1 Å². The molecule has 13 heteroatoms. The van der Waals surface area contributed by atoms with Gasteiger partial charge < -0.3 is 4.74 Å². The van der Waals surface area contributed by atoms with Crippen molar-refractivity contribution in [2.24, 2.45) is 5.41 Å². The Hall–Kier alpha value is -3.71. The quantitative estimate of drug-likeness (QED) is 0.387. The molecule has 2 aliphatic rings. The standard InChI is InChI=1S/C29H32F3N5O4S/c1-4-13-33-37-21(16-28(11-12-28)29(30,31)32)17-41-24-15-23(25-18(2)7-5-8-19(25)3)34-27(35-24)36-42(39,40)22-10-6-9-20(14-22)26(37)38/h5-10,14-15,21,33H,4,11-13,16-17H2,1-3H3,(H,34,35,36)/t21-/m1/s1. The first kappa shape index (κ1) is 29.8. The largest absolute Gasteiger partial charge is 0.475 e. The molecule has 0 spiro atoms. The lowest BCUT2D eigenvalue weighted by molar-refractivity contribution is -0.193. The van der Waals surface area contributed by atoms with E-state index in [-0.39, 0.29) is 41.7 Å². The van der Waals surface area contributed by atoms with Crippen molar-refractivity contribution in [1.82, 2.24) is 20.4 Å². The summed E-state index contributed by atoms with van der Waals surface area (Å²) in [6, 6.07) is 11.4. The first-order valence-corrected chi connectivity index (χ1v) is 15.2. The van der Waals surface area contributed by atoms with Crippen LogP contribution in [0, 0.1) is 19.3 Å². The summed E-state index contributed by atoms with van der Waals surface area (Å²) in [7, 11) is -4.26. The van der Waals surface area contributed by atoms with Gasteiger partial charge in [-0.05, 0) is 68.9 Å². The molecule has 3 aromatic rings. The van der Waals surface area contributed by atoms with E-state index in [4.69, 9.17) is 4.74 Å². The molecule has 1 saturated carbocycles. The van der Waals surface area contributed by atoms with Crippen molar-refractivity contribution in [3.05, 3.63) is 65.2 Å². The van der Waals surface area contributed by atoms with E-state index >= 15 is 0 Å². The number of anilines is 1. The summed E-state index contributed by atoms with van der Waals surface area (Å²) in [5, 5.41) is 1.15. The zero-order chi connectivity index (χ0) is 30.3. The summed E-state index contributed by atoms with van der Waals surface area (Å²) >= 11 is 0. The van der Waals surface area contributed by atoms with Gasteiger partial charge in [0.05, 0.1) is 22.0 Å². The fraction of sp³-hybridized carbons (Fsp3) is 0.414. The van der Waals surface area contributed by atoms with Crippen molar-refractivity contribution >= 4 is 21.9 Å². The Morgan fingerprint density at radius 2 is 1.79 bits per heavy atom. The van der Waals surface area contributed by atoms with Gasteiger partial charge >= 0.3 is 6.18 Å². The third kappa shape index (κ3) is 5.93. The molecule has 1 fully saturated rings. The lowest BCUT2D eigenvalue weighted by atomic mass is 9.95. The van der Waals surface area contributed by atoms with Crippen LogP contribution in [0.25, 0.3) is 11.3 Å². The molecular formula is C29H32F3N5O4S. The number of carbonyl (C=O) groups excluding carboxylic acids is 1. The van der Waals surface area contributed by atoms with Gasteiger partial charge in [0.1, 0.15) is 6.61 Å². The zero-order valence-electron chi connectivity index (χ0n) is 23.5. The fourth-order valence-corrected chi connectivity index (χ4v) is 6.21. The minimum Gasteiger partial charge on any atom is -0.475 e. The Kier molecular flexibility index (Phi) is 7.92. The number of alkyl halides is 3. The number of ether oxygens (including phenoxy) is 1. The monoisotopic (exact) mass is 603 g/mol. The van der Waals surface area contributed by atoms with Gasteiger partial charge in [0.25, 0.3) is 15.9 Å². The number of rotatable bonds is 6. The normalized spacial score (nSPS) is 19.5. The van der Waals surface area contributed by atoms with Crippen LogP contribution < -0.4 is 14.9 Å². The molecule has 0 radical (unpaired) electrons. The minimum absolute atomic E-state index is 0.00793. The van der Waals surface area contributed by atoms with E-state index in [0.717, 1.165) is 21.7 Å². The molecule has 2 aromatic carbocycles. The summed E-state index contributed by atoms with van der Waals surface area (Å²) in [4.78, 5) is 22.3. The van der Waals surface area contributed by atoms with Crippen molar-refractivity contribution in [1.29, 1.82) is 0 Å². The van der Waals surface area contributed by atoms with Gasteiger partial charge in [0.15, 0.2) is 0 Å². The van der Waals surface area contributed by atoms with Crippen molar-refractivity contribution in [3.63, 3.8) is 0 Å². The van der Waals surface area contributed by atoms with Crippen LogP contribution >= 0.6 is 0 Å². The Balaban J connectivity index is 1.66. The number of halogens is 3. The van der Waals surface area contributed by atoms with Crippen molar-refractivity contribution in [2.75, 3.05) is 17.9 Å². The first-order chi connectivity index (χ1) is 19.8. The average molecular weight is 604 g/mol. The van der Waals surface area contributed by atoms with Crippen LogP contribution in [0.15, 0.2) is 53.4 Å². The van der Waals surface area contributed by atoms with Gasteiger partial charge in [0.2, 0.25) is 11.8 Å². The Labute approximate surface area is 242 Å². The van der Waals surface area contributed by atoms with Gasteiger partial charge in [-0.2, -0.15) is 18.2 Å². The molecule has 1 amide bonds. The molecular weight excluding hydrogens is 571 g/mol. The molecule has 224 valence electrons. The van der Waals surface area contributed by atoms with Gasteiger partial charge in [0, 0.05) is 23.7 Å². The Morgan fingerprint density at radius 1 is 1.10 bits per heavy atom. The number of carbonyl (C=O) groups is 1. The molecule has 0 unspecified atom stereocenters. The fourth-order valence-electron chi connectivity index (χ4n) is 5.22. The molecule has 42 heavy (non-hydrogen) atoms. The van der Waals surface area contributed by atoms with E-state index in [1.54, 1.807) is 0 Å². The number of hydrogen-bond donors (Lipinski definition) is 2. The number of benzene rings is 2. The number of fused-ring (bicyclic) bond motifs is 4. The highest BCUT2D eigenvalue weighted by Crippen LogP contribution is 2.60. The molecule has 1 aromatic heterocycles. The lowest BCUT2D eigenvalue weighted by Crippen LogP contribution is -2.53. The smallest absolute Gasteiger partial charge is 0.394 e. The number of aryl methyl sites for hydroxylation is 2. The molecule has 1 aliphatic heterocycles. The van der Waals surface area contributed by atoms with E-state index in [1.807, 2.05) is 39.0 Å². The second kappa shape index (κ2) is 11.2. The Bertz CT molecular complexity index is 1590. The third-order valence-electron chi connectivity index (χ3n) is 7.68. The Morgan fingerprint density at radius 3 is 2.43 bits per heavy atom. The number of nitrogens with one attached hydrogen (secondary N) is 2. The van der Waals surface area contributed by atoms with Crippen LogP contribution in [0.2, 0.25) is 0 Å². The summed E-state index contributed by atoms with van der Waals surface area (Å²) in [5.41, 5.74) is 3.88. The number of amides is 1. The number of hydrogen-bond acceptors (Lipinski definition) is 7. The van der Waals surface area contributed by atoms with Crippen LogP contribution in [0.3, 0.4) is 0 Å². The van der Waals surface area contributed by atoms with Gasteiger partial charge in [-0.3, -0.25) is 9.80 Å². The third-order valence-corrected chi connectivity index (χ3v) is 9.00. The summed E-state index contributed by atoms with van der Waals surface area (Å²) < 4.78 is 77.5. The number of sulfonamides is 1. The highest BCUT2D eigenvalue weighted by Gasteiger charge is 2.64. The number of aromatic nitrogens is 2. The lowest BCUT2D eigenvalue weighted by Gasteiger charge is -2.35. The van der Waals surface area contributed by atoms with E-state index in [0.29, 0.717) is 18.7 Å². The second-order valence-corrected chi connectivity index (χ2v) is 12.5. The predicted octanol–water partition coefficient (Wildman–Crippen LogP) is 5.41. The minimum atomic E-state index is -4.46. The molecule has 2 N–H and O–H groups in total. The highest BCUT2D eigenvalue weighted by atomic mass is 32.2.